The second-order valence-electron chi connectivity index (χ2n) is 2.20. The molecule has 4 nitrogen and oxygen atoms in total. The predicted molar refractivity (Wildman–Crippen MR) is 42.7 cm³/mol. The van der Waals surface area contributed by atoms with Crippen molar-refractivity contribution in [3.63, 3.8) is 0 Å². The van der Waals surface area contributed by atoms with Crippen molar-refractivity contribution in [2.45, 2.75) is 13.0 Å². The van der Waals surface area contributed by atoms with Crippen molar-refractivity contribution >= 4 is 12.6 Å². The van der Waals surface area contributed by atoms with Crippen LogP contribution >= 0.6 is 0 Å². The largest absolute Gasteiger partial charge is 0.394 e. The molecule has 0 aliphatic heterocycles. The zero-order valence-corrected chi connectivity index (χ0v) is 6.90. The topological polar surface area (TPSA) is 63.6 Å². The predicted octanol–water partition coefficient (Wildman–Crippen LogP) is -0.292. The van der Waals surface area contributed by atoms with E-state index in [1.54, 1.807) is 6.92 Å². The third-order valence-electron chi connectivity index (χ3n) is 1.29. The van der Waals surface area contributed by atoms with Gasteiger partial charge in [-0.25, -0.2) is 0 Å². The highest BCUT2D eigenvalue weighted by molar-refractivity contribution is 5.70. The molecular weight excluding hydrogens is 160 g/mol. The van der Waals surface area contributed by atoms with Crippen molar-refractivity contribution in [2.24, 2.45) is 0 Å². The summed E-state index contributed by atoms with van der Waals surface area (Å²) < 4.78 is 4.91. The Labute approximate surface area is 70.8 Å². The molecular formula is C8H12O4. The number of hydrogen-bond acceptors (Lipinski definition) is 4. The molecule has 4 heteroatoms. The van der Waals surface area contributed by atoms with Crippen molar-refractivity contribution in [2.75, 3.05) is 13.2 Å². The van der Waals surface area contributed by atoms with E-state index in [0.29, 0.717) is 18.1 Å². The molecule has 1 atom stereocenters. The molecule has 0 aliphatic carbocycles. The number of aldehydes is 2. The van der Waals surface area contributed by atoms with E-state index in [0.717, 1.165) is 0 Å². The number of carbonyl (C=O) groups is 2. The maximum Gasteiger partial charge on any atom is 0.152 e. The van der Waals surface area contributed by atoms with Gasteiger partial charge in [0.05, 0.1) is 13.2 Å². The average Bonchev–Trinajstić information content (AvgIpc) is 2.06. The van der Waals surface area contributed by atoms with Crippen LogP contribution in [0.5, 0.6) is 0 Å². The molecule has 0 bridgehead atoms. The fourth-order valence-electron chi connectivity index (χ4n) is 0.660. The quantitative estimate of drug-likeness (QED) is 0.441. The molecule has 0 saturated heterocycles. The molecule has 12 heavy (non-hydrogen) atoms. The molecule has 0 rings (SSSR count). The van der Waals surface area contributed by atoms with Crippen LogP contribution in [0, 0.1) is 0 Å². The van der Waals surface area contributed by atoms with Crippen LogP contribution in [0.15, 0.2) is 11.6 Å². The standard InChI is InChI=1S/C8H12O4/c1-7(2-3-9)8(6-11)12-5-4-10/h2-3,6,8,10H,4-5H2,1H3. The summed E-state index contributed by atoms with van der Waals surface area (Å²) in [5, 5.41) is 8.39. The second-order valence-corrected chi connectivity index (χ2v) is 2.20. The fraction of sp³-hybridized carbons (Fsp3) is 0.500. The van der Waals surface area contributed by atoms with Gasteiger partial charge in [0.1, 0.15) is 12.4 Å². The van der Waals surface area contributed by atoms with E-state index in [-0.39, 0.29) is 13.2 Å². The van der Waals surface area contributed by atoms with Crippen LogP contribution in [-0.2, 0) is 14.3 Å². The first-order valence-corrected chi connectivity index (χ1v) is 3.56. The van der Waals surface area contributed by atoms with Crippen LogP contribution in [0.25, 0.3) is 0 Å². The Morgan fingerprint density at radius 1 is 1.58 bits per heavy atom. The van der Waals surface area contributed by atoms with E-state index < -0.39 is 6.10 Å². The summed E-state index contributed by atoms with van der Waals surface area (Å²) in [5.41, 5.74) is 0.536. The Morgan fingerprint density at radius 2 is 2.25 bits per heavy atom. The first-order valence-electron chi connectivity index (χ1n) is 3.56. The van der Waals surface area contributed by atoms with Crippen LogP contribution in [0.1, 0.15) is 6.92 Å². The van der Waals surface area contributed by atoms with Gasteiger partial charge in [0.15, 0.2) is 6.29 Å². The smallest absolute Gasteiger partial charge is 0.152 e. The molecule has 0 aliphatic rings. The number of carbonyl (C=O) groups excluding carboxylic acids is 2. The summed E-state index contributed by atoms with van der Waals surface area (Å²) in [6, 6.07) is 0. The summed E-state index contributed by atoms with van der Waals surface area (Å²) in [7, 11) is 0. The van der Waals surface area contributed by atoms with Crippen LogP contribution < -0.4 is 0 Å². The fourth-order valence-corrected chi connectivity index (χ4v) is 0.660. The zero-order valence-electron chi connectivity index (χ0n) is 6.90. The van der Waals surface area contributed by atoms with Gasteiger partial charge in [0.25, 0.3) is 0 Å². The molecule has 68 valence electrons. The number of ether oxygens (including phenoxy) is 1. The van der Waals surface area contributed by atoms with Gasteiger partial charge in [0, 0.05) is 0 Å². The van der Waals surface area contributed by atoms with E-state index in [1.165, 1.54) is 6.08 Å². The minimum Gasteiger partial charge on any atom is -0.394 e. The molecule has 1 N–H and O–H groups in total. The van der Waals surface area contributed by atoms with Crippen LogP contribution in [-0.4, -0.2) is 37.0 Å². The molecule has 0 radical (unpaired) electrons. The molecule has 0 aromatic rings. The minimum absolute atomic E-state index is 0.0907. The van der Waals surface area contributed by atoms with E-state index in [2.05, 4.69) is 0 Å². The van der Waals surface area contributed by atoms with E-state index in [4.69, 9.17) is 9.84 Å². The van der Waals surface area contributed by atoms with Crippen molar-refractivity contribution in [3.8, 4) is 0 Å². The van der Waals surface area contributed by atoms with Crippen molar-refractivity contribution in [1.29, 1.82) is 0 Å². The van der Waals surface area contributed by atoms with Gasteiger partial charge in [0.2, 0.25) is 0 Å². The Morgan fingerprint density at radius 3 is 2.67 bits per heavy atom. The molecule has 0 heterocycles. The Kier molecular flexibility index (Phi) is 6.14. The van der Waals surface area contributed by atoms with E-state index in [9.17, 15) is 9.59 Å². The Bertz CT molecular complexity index is 174. The lowest BCUT2D eigenvalue weighted by Gasteiger charge is -2.10. The number of rotatable bonds is 6. The highest BCUT2D eigenvalue weighted by Crippen LogP contribution is 2.01. The first kappa shape index (κ1) is 11.0. The van der Waals surface area contributed by atoms with Crippen LogP contribution in [0.2, 0.25) is 0 Å². The Balaban J connectivity index is 4.04. The molecule has 0 fully saturated rings. The van der Waals surface area contributed by atoms with Gasteiger partial charge in [-0.3, -0.25) is 4.79 Å². The molecule has 0 aromatic carbocycles. The lowest BCUT2D eigenvalue weighted by atomic mass is 10.2. The summed E-state index contributed by atoms with van der Waals surface area (Å²) in [6.07, 6.45) is 1.72. The van der Waals surface area contributed by atoms with Crippen LogP contribution in [0.3, 0.4) is 0 Å². The average molecular weight is 172 g/mol. The van der Waals surface area contributed by atoms with Gasteiger partial charge in [-0.1, -0.05) is 0 Å². The third-order valence-corrected chi connectivity index (χ3v) is 1.29. The zero-order chi connectivity index (χ0) is 9.40. The number of hydrogen-bond donors (Lipinski definition) is 1. The molecule has 1 unspecified atom stereocenters. The van der Waals surface area contributed by atoms with Gasteiger partial charge < -0.3 is 14.6 Å². The van der Waals surface area contributed by atoms with Crippen molar-refractivity contribution in [3.05, 3.63) is 11.6 Å². The third kappa shape index (κ3) is 4.00. The molecule has 0 spiro atoms. The molecule has 0 amide bonds. The normalized spacial score (nSPS) is 14.0. The molecule has 0 saturated carbocycles. The Hall–Kier alpha value is -1.00. The van der Waals surface area contributed by atoms with Gasteiger partial charge >= 0.3 is 0 Å². The highest BCUT2D eigenvalue weighted by Gasteiger charge is 2.08. The van der Waals surface area contributed by atoms with Crippen molar-refractivity contribution in [1.82, 2.24) is 0 Å². The van der Waals surface area contributed by atoms with Crippen molar-refractivity contribution < 1.29 is 19.4 Å². The summed E-state index contributed by atoms with van der Waals surface area (Å²) in [6.45, 7) is 1.57. The summed E-state index contributed by atoms with van der Waals surface area (Å²) >= 11 is 0. The second kappa shape index (κ2) is 6.69. The van der Waals surface area contributed by atoms with E-state index in [1.807, 2.05) is 0 Å². The highest BCUT2D eigenvalue weighted by atomic mass is 16.5. The first-order chi connectivity index (χ1) is 5.76. The monoisotopic (exact) mass is 172 g/mol. The van der Waals surface area contributed by atoms with Gasteiger partial charge in [-0.05, 0) is 18.6 Å². The maximum absolute atomic E-state index is 10.4. The summed E-state index contributed by atoms with van der Waals surface area (Å²) in [5.74, 6) is 0. The number of allylic oxidation sites excluding steroid dienone is 1. The van der Waals surface area contributed by atoms with Crippen LogP contribution in [0.4, 0.5) is 0 Å². The SMILES string of the molecule is CC(=CC=O)C(C=O)OCCO. The van der Waals surface area contributed by atoms with Gasteiger partial charge in [-0.2, -0.15) is 0 Å². The van der Waals surface area contributed by atoms with Gasteiger partial charge in [-0.15, -0.1) is 0 Å². The minimum atomic E-state index is -0.720. The number of aliphatic hydroxyl groups excluding tert-OH is 1. The summed E-state index contributed by atoms with van der Waals surface area (Å²) in [4.78, 5) is 20.4. The van der Waals surface area contributed by atoms with E-state index >= 15 is 0 Å². The number of aliphatic hydroxyl groups is 1. The molecule has 0 aromatic heterocycles. The lowest BCUT2D eigenvalue weighted by molar-refractivity contribution is -0.116. The maximum atomic E-state index is 10.4. The lowest BCUT2D eigenvalue weighted by Crippen LogP contribution is -2.18.